The minimum atomic E-state index is -0.319. The quantitative estimate of drug-likeness (QED) is 0.655. The number of nitrogen functional groups attached to an aromatic ring is 1. The minimum absolute atomic E-state index is 0.319. The first kappa shape index (κ1) is 15.3. The van der Waals surface area contributed by atoms with Crippen LogP contribution in [0.1, 0.15) is 22.8 Å². The first-order valence-corrected chi connectivity index (χ1v) is 7.27. The molecule has 5 nitrogen and oxygen atoms in total. The van der Waals surface area contributed by atoms with Crippen molar-refractivity contribution in [1.82, 2.24) is 4.98 Å². The molecule has 0 saturated carbocycles. The van der Waals surface area contributed by atoms with Crippen molar-refractivity contribution in [1.29, 1.82) is 0 Å². The number of aryl methyl sites for hydroxylation is 1. The Labute approximate surface area is 131 Å². The van der Waals surface area contributed by atoms with Gasteiger partial charge in [0.25, 0.3) is 5.91 Å². The van der Waals surface area contributed by atoms with Gasteiger partial charge in [0.05, 0.1) is 18.5 Å². The fourth-order valence-corrected chi connectivity index (χ4v) is 2.10. The summed E-state index contributed by atoms with van der Waals surface area (Å²) in [6, 6.07) is 6.97. The lowest BCUT2D eigenvalue weighted by Gasteiger charge is -2.13. The molecule has 21 heavy (non-hydrogen) atoms. The Balaban J connectivity index is 2.29. The molecule has 0 saturated heterocycles. The number of nitrogens with two attached hydrogens (primary N) is 1. The fraction of sp³-hybridized carbons (Fsp3) is 0.200. The fourth-order valence-electron chi connectivity index (χ4n) is 1.89. The zero-order chi connectivity index (χ0) is 15.4. The number of pyridine rings is 1. The summed E-state index contributed by atoms with van der Waals surface area (Å²) in [5.41, 5.74) is 8.14. The smallest absolute Gasteiger partial charge is 0.261 e. The number of aromatic nitrogens is 1. The van der Waals surface area contributed by atoms with E-state index in [4.69, 9.17) is 10.5 Å². The van der Waals surface area contributed by atoms with Crippen molar-refractivity contribution in [2.24, 2.45) is 0 Å². The van der Waals surface area contributed by atoms with Crippen molar-refractivity contribution in [2.45, 2.75) is 13.8 Å². The molecule has 0 bridgehead atoms. The molecule has 6 heteroatoms. The number of ether oxygens (including phenoxy) is 1. The van der Waals surface area contributed by atoms with Crippen molar-refractivity contribution in [2.75, 3.05) is 17.7 Å². The topological polar surface area (TPSA) is 77.2 Å². The SMILES string of the molecule is CCOc1cccc(N)c1C(=O)Nc1cnc(Br)c(C)c1. The van der Waals surface area contributed by atoms with Crippen molar-refractivity contribution < 1.29 is 9.53 Å². The summed E-state index contributed by atoms with van der Waals surface area (Å²) in [5.74, 6) is 0.150. The molecule has 1 amide bonds. The highest BCUT2D eigenvalue weighted by Crippen LogP contribution is 2.26. The van der Waals surface area contributed by atoms with E-state index in [1.165, 1.54) is 0 Å². The van der Waals surface area contributed by atoms with E-state index >= 15 is 0 Å². The third-order valence-corrected chi connectivity index (χ3v) is 3.69. The molecule has 2 aromatic rings. The molecule has 1 aromatic carbocycles. The molecule has 0 unspecified atom stereocenters. The Hall–Kier alpha value is -2.08. The van der Waals surface area contributed by atoms with Gasteiger partial charge in [0.15, 0.2) is 0 Å². The molecule has 110 valence electrons. The Morgan fingerprint density at radius 1 is 1.48 bits per heavy atom. The van der Waals surface area contributed by atoms with Crippen LogP contribution in [0.2, 0.25) is 0 Å². The van der Waals surface area contributed by atoms with Gasteiger partial charge < -0.3 is 15.8 Å². The second-order valence-electron chi connectivity index (χ2n) is 4.44. The van der Waals surface area contributed by atoms with Crippen LogP contribution in [-0.4, -0.2) is 17.5 Å². The van der Waals surface area contributed by atoms with Crippen LogP contribution in [0.5, 0.6) is 5.75 Å². The summed E-state index contributed by atoms with van der Waals surface area (Å²) in [6.45, 7) is 4.21. The van der Waals surface area contributed by atoms with Crippen LogP contribution in [-0.2, 0) is 0 Å². The number of anilines is 2. The third-order valence-electron chi connectivity index (χ3n) is 2.86. The van der Waals surface area contributed by atoms with Crippen LogP contribution in [0.25, 0.3) is 0 Å². The number of nitrogens with one attached hydrogen (secondary N) is 1. The highest BCUT2D eigenvalue weighted by atomic mass is 79.9. The number of halogens is 1. The van der Waals surface area contributed by atoms with Crippen LogP contribution < -0.4 is 15.8 Å². The molecule has 0 aliphatic carbocycles. The van der Waals surface area contributed by atoms with Crippen LogP contribution >= 0.6 is 15.9 Å². The molecule has 2 rings (SSSR count). The summed E-state index contributed by atoms with van der Waals surface area (Å²) >= 11 is 3.32. The number of hydrogen-bond donors (Lipinski definition) is 2. The van der Waals surface area contributed by atoms with E-state index in [2.05, 4.69) is 26.2 Å². The number of nitrogens with zero attached hydrogens (tertiary/aromatic N) is 1. The molecule has 0 radical (unpaired) electrons. The standard InChI is InChI=1S/C15H16BrN3O2/c1-3-21-12-6-4-5-11(17)13(12)15(20)19-10-7-9(2)14(16)18-8-10/h4-8H,3,17H2,1-2H3,(H,19,20). The highest BCUT2D eigenvalue weighted by Gasteiger charge is 2.16. The van der Waals surface area contributed by atoms with Gasteiger partial charge in [0.2, 0.25) is 0 Å². The third kappa shape index (κ3) is 3.52. The molecule has 0 atom stereocenters. The summed E-state index contributed by atoms with van der Waals surface area (Å²) in [6.07, 6.45) is 1.58. The average Bonchev–Trinajstić information content (AvgIpc) is 2.43. The normalized spacial score (nSPS) is 10.2. The van der Waals surface area contributed by atoms with Crippen LogP contribution in [0.4, 0.5) is 11.4 Å². The number of carbonyl (C=O) groups excluding carboxylic acids is 1. The lowest BCUT2D eigenvalue weighted by molar-refractivity contribution is 0.102. The van der Waals surface area contributed by atoms with Crippen molar-refractivity contribution in [3.05, 3.63) is 46.2 Å². The predicted molar refractivity (Wildman–Crippen MR) is 86.7 cm³/mol. The monoisotopic (exact) mass is 349 g/mol. The van der Waals surface area contributed by atoms with Gasteiger partial charge in [-0.25, -0.2) is 4.98 Å². The van der Waals surface area contributed by atoms with Gasteiger partial charge in [-0.1, -0.05) is 6.07 Å². The summed E-state index contributed by atoms with van der Waals surface area (Å²) in [4.78, 5) is 16.6. The van der Waals surface area contributed by atoms with Gasteiger partial charge in [-0.3, -0.25) is 4.79 Å². The number of carbonyl (C=O) groups is 1. The Morgan fingerprint density at radius 2 is 2.24 bits per heavy atom. The summed E-state index contributed by atoms with van der Waals surface area (Å²) in [5, 5.41) is 2.78. The van der Waals surface area contributed by atoms with Crippen molar-refractivity contribution >= 4 is 33.2 Å². The first-order valence-electron chi connectivity index (χ1n) is 6.47. The number of rotatable bonds is 4. The van der Waals surface area contributed by atoms with E-state index in [0.717, 1.165) is 10.2 Å². The first-order chi connectivity index (χ1) is 10.0. The molecule has 0 aliphatic rings. The zero-order valence-electron chi connectivity index (χ0n) is 11.8. The molecule has 0 fully saturated rings. The largest absolute Gasteiger partial charge is 0.493 e. The maximum absolute atomic E-state index is 12.4. The number of benzene rings is 1. The second-order valence-corrected chi connectivity index (χ2v) is 5.19. The van der Waals surface area contributed by atoms with Gasteiger partial charge in [-0.05, 0) is 53.5 Å². The molecule has 1 heterocycles. The van der Waals surface area contributed by atoms with Gasteiger partial charge in [-0.15, -0.1) is 0 Å². The van der Waals surface area contributed by atoms with E-state index < -0.39 is 0 Å². The van der Waals surface area contributed by atoms with Gasteiger partial charge >= 0.3 is 0 Å². The Bertz CT molecular complexity index is 674. The number of hydrogen-bond acceptors (Lipinski definition) is 4. The summed E-state index contributed by atoms with van der Waals surface area (Å²) < 4.78 is 6.20. The molecular weight excluding hydrogens is 334 g/mol. The van der Waals surface area contributed by atoms with Gasteiger partial charge in [0.1, 0.15) is 15.9 Å². The van der Waals surface area contributed by atoms with Crippen molar-refractivity contribution in [3.63, 3.8) is 0 Å². The molecule has 1 aromatic heterocycles. The van der Waals surface area contributed by atoms with Crippen molar-refractivity contribution in [3.8, 4) is 5.75 Å². The Morgan fingerprint density at radius 3 is 2.90 bits per heavy atom. The van der Waals surface area contributed by atoms with E-state index in [1.807, 2.05) is 19.9 Å². The number of amides is 1. The second kappa shape index (κ2) is 6.58. The maximum Gasteiger partial charge on any atom is 0.261 e. The molecule has 0 spiro atoms. The van der Waals surface area contributed by atoms with E-state index in [1.54, 1.807) is 24.4 Å². The molecule has 0 aliphatic heterocycles. The highest BCUT2D eigenvalue weighted by molar-refractivity contribution is 9.10. The average molecular weight is 350 g/mol. The zero-order valence-corrected chi connectivity index (χ0v) is 13.4. The summed E-state index contributed by atoms with van der Waals surface area (Å²) in [7, 11) is 0. The van der Waals surface area contributed by atoms with E-state index in [0.29, 0.717) is 29.3 Å². The Kier molecular flexibility index (Phi) is 4.80. The lowest BCUT2D eigenvalue weighted by atomic mass is 10.1. The minimum Gasteiger partial charge on any atom is -0.493 e. The van der Waals surface area contributed by atoms with Gasteiger partial charge in [-0.2, -0.15) is 0 Å². The molecular formula is C15H16BrN3O2. The van der Waals surface area contributed by atoms with Crippen LogP contribution in [0.3, 0.4) is 0 Å². The van der Waals surface area contributed by atoms with Gasteiger partial charge in [0, 0.05) is 5.69 Å². The predicted octanol–water partition coefficient (Wildman–Crippen LogP) is 3.39. The van der Waals surface area contributed by atoms with E-state index in [9.17, 15) is 4.79 Å². The maximum atomic E-state index is 12.4. The van der Waals surface area contributed by atoms with Crippen LogP contribution in [0.15, 0.2) is 35.1 Å². The van der Waals surface area contributed by atoms with Crippen LogP contribution in [0, 0.1) is 6.92 Å². The van der Waals surface area contributed by atoms with E-state index in [-0.39, 0.29) is 5.91 Å². The molecule has 3 N–H and O–H groups in total. The lowest BCUT2D eigenvalue weighted by Crippen LogP contribution is -2.16.